The molecule has 2 atom stereocenters. The van der Waals surface area contributed by atoms with Gasteiger partial charge in [0.15, 0.2) is 0 Å². The van der Waals surface area contributed by atoms with E-state index in [4.69, 9.17) is 0 Å². The number of carbonyl (C=O) groups excluding carboxylic acids is 1. The number of nitrogens with one attached hydrogen (secondary N) is 1. The number of rotatable bonds is 4. The van der Waals surface area contributed by atoms with Gasteiger partial charge in [-0.25, -0.2) is 0 Å². The van der Waals surface area contributed by atoms with E-state index in [0.29, 0.717) is 17.8 Å². The van der Waals surface area contributed by atoms with Crippen molar-refractivity contribution in [1.29, 1.82) is 0 Å². The highest BCUT2D eigenvalue weighted by atomic mass is 16.1. The Morgan fingerprint density at radius 3 is 2.67 bits per heavy atom. The maximum Gasteiger partial charge on any atom is 0.220 e. The van der Waals surface area contributed by atoms with Gasteiger partial charge in [-0.3, -0.25) is 9.69 Å². The molecule has 3 heteroatoms. The lowest BCUT2D eigenvalue weighted by Gasteiger charge is -2.57. The molecule has 0 radical (unpaired) electrons. The van der Waals surface area contributed by atoms with Crippen molar-refractivity contribution in [2.24, 2.45) is 23.2 Å². The van der Waals surface area contributed by atoms with E-state index in [1.54, 1.807) is 12.6 Å². The van der Waals surface area contributed by atoms with Gasteiger partial charge in [0, 0.05) is 20.0 Å². The molecule has 0 aromatic rings. The predicted molar refractivity (Wildman–Crippen MR) is 85.9 cm³/mol. The van der Waals surface area contributed by atoms with Crippen molar-refractivity contribution in [3.05, 3.63) is 11.6 Å². The molecule has 1 amide bonds. The average Bonchev–Trinajstić information content (AvgIpc) is 2.49. The monoisotopic (exact) mass is 290 g/mol. The predicted octanol–water partition coefficient (Wildman–Crippen LogP) is 2.83. The summed E-state index contributed by atoms with van der Waals surface area (Å²) in [6.07, 6.45) is 8.32. The molecule has 4 rings (SSSR count). The number of allylic oxidation sites excluding steroid dienone is 1. The van der Waals surface area contributed by atoms with Gasteiger partial charge in [0.25, 0.3) is 0 Å². The summed E-state index contributed by atoms with van der Waals surface area (Å²) in [4.78, 5) is 14.1. The van der Waals surface area contributed by atoms with Crippen LogP contribution in [0.4, 0.5) is 0 Å². The van der Waals surface area contributed by atoms with Crippen LogP contribution >= 0.6 is 0 Å². The Balaban J connectivity index is 1.48. The number of piperidine rings is 1. The van der Waals surface area contributed by atoms with Crippen molar-refractivity contribution in [1.82, 2.24) is 10.2 Å². The summed E-state index contributed by atoms with van der Waals surface area (Å²) in [5.41, 5.74) is 2.24. The Labute approximate surface area is 129 Å². The third kappa shape index (κ3) is 2.90. The summed E-state index contributed by atoms with van der Waals surface area (Å²) in [6, 6.07) is 0. The van der Waals surface area contributed by atoms with Crippen LogP contribution in [-0.2, 0) is 4.79 Å². The van der Waals surface area contributed by atoms with Crippen LogP contribution in [0.15, 0.2) is 11.6 Å². The minimum absolute atomic E-state index is 0.200. The largest absolute Gasteiger partial charge is 0.359 e. The van der Waals surface area contributed by atoms with Gasteiger partial charge in [-0.2, -0.15) is 0 Å². The van der Waals surface area contributed by atoms with Crippen molar-refractivity contribution >= 4 is 5.91 Å². The molecule has 0 aromatic heterocycles. The normalized spacial score (nSPS) is 32.2. The van der Waals surface area contributed by atoms with Gasteiger partial charge in [0.2, 0.25) is 5.91 Å². The van der Waals surface area contributed by atoms with Crippen molar-refractivity contribution in [2.75, 3.05) is 26.7 Å². The van der Waals surface area contributed by atoms with E-state index in [2.05, 4.69) is 30.1 Å². The van der Waals surface area contributed by atoms with Crippen LogP contribution in [0.2, 0.25) is 0 Å². The van der Waals surface area contributed by atoms with E-state index in [9.17, 15) is 4.79 Å². The first-order valence-electron chi connectivity index (χ1n) is 8.62. The molecule has 1 aliphatic heterocycles. The molecular weight excluding hydrogens is 260 g/mol. The van der Waals surface area contributed by atoms with Crippen LogP contribution in [0.1, 0.15) is 46.0 Å². The third-order valence-electron chi connectivity index (χ3n) is 6.45. The topological polar surface area (TPSA) is 32.3 Å². The highest BCUT2D eigenvalue weighted by Crippen LogP contribution is 2.59. The van der Waals surface area contributed by atoms with Gasteiger partial charge < -0.3 is 5.32 Å². The summed E-state index contributed by atoms with van der Waals surface area (Å²) in [5.74, 6) is 2.56. The van der Waals surface area contributed by atoms with Crippen LogP contribution < -0.4 is 5.32 Å². The van der Waals surface area contributed by atoms with Crippen LogP contribution in [-0.4, -0.2) is 37.5 Å². The molecule has 0 aromatic carbocycles. The summed E-state index contributed by atoms with van der Waals surface area (Å²) < 4.78 is 0. The maximum atomic E-state index is 11.5. The second-order valence-corrected chi connectivity index (χ2v) is 7.92. The number of nitrogens with zero attached hydrogens (tertiary/aromatic N) is 1. The fraction of sp³-hybridized carbons (Fsp3) is 0.833. The lowest BCUT2D eigenvalue weighted by molar-refractivity contribution is -0.121. The first-order valence-corrected chi connectivity index (χ1v) is 8.62. The first-order chi connectivity index (χ1) is 10.0. The summed E-state index contributed by atoms with van der Waals surface area (Å²) in [7, 11) is 1.74. The minimum atomic E-state index is 0.200. The SMILES string of the molecule is CNC(=O)CC1CCN(CC2=CC[C@H]3C[C@@H]2C3(C)C)CC1. The second-order valence-electron chi connectivity index (χ2n) is 7.92. The zero-order valence-electron chi connectivity index (χ0n) is 13.8. The number of hydrogen-bond donors (Lipinski definition) is 1. The molecule has 2 bridgehead atoms. The molecule has 3 nitrogen and oxygen atoms in total. The number of likely N-dealkylation sites (tertiary alicyclic amines) is 1. The van der Waals surface area contributed by atoms with Crippen molar-refractivity contribution in [3.8, 4) is 0 Å². The lowest BCUT2D eigenvalue weighted by Crippen LogP contribution is -2.50. The summed E-state index contributed by atoms with van der Waals surface area (Å²) in [6.45, 7) is 8.40. The lowest BCUT2D eigenvalue weighted by atomic mass is 9.49. The molecule has 3 aliphatic carbocycles. The van der Waals surface area contributed by atoms with Crippen LogP contribution in [0, 0.1) is 23.2 Å². The Morgan fingerprint density at radius 2 is 2.10 bits per heavy atom. The highest BCUT2D eigenvalue weighted by molar-refractivity contribution is 5.75. The zero-order valence-corrected chi connectivity index (χ0v) is 13.8. The minimum Gasteiger partial charge on any atom is -0.359 e. The smallest absolute Gasteiger partial charge is 0.220 e. The molecule has 1 saturated heterocycles. The average molecular weight is 290 g/mol. The van der Waals surface area contributed by atoms with Gasteiger partial charge in [0.05, 0.1) is 0 Å². The molecule has 1 saturated carbocycles. The molecule has 118 valence electrons. The van der Waals surface area contributed by atoms with E-state index in [-0.39, 0.29) is 5.91 Å². The summed E-state index contributed by atoms with van der Waals surface area (Å²) in [5, 5.41) is 2.75. The van der Waals surface area contributed by atoms with Gasteiger partial charge >= 0.3 is 0 Å². The van der Waals surface area contributed by atoms with Crippen LogP contribution in [0.25, 0.3) is 0 Å². The summed E-state index contributed by atoms with van der Waals surface area (Å²) >= 11 is 0. The Hall–Kier alpha value is -0.830. The van der Waals surface area contributed by atoms with Crippen molar-refractivity contribution in [2.45, 2.75) is 46.0 Å². The molecule has 2 fully saturated rings. The molecule has 4 aliphatic rings. The molecule has 1 N–H and O–H groups in total. The van der Waals surface area contributed by atoms with E-state index in [0.717, 1.165) is 24.9 Å². The van der Waals surface area contributed by atoms with E-state index in [1.165, 1.54) is 32.2 Å². The van der Waals surface area contributed by atoms with E-state index < -0.39 is 0 Å². The third-order valence-corrected chi connectivity index (χ3v) is 6.45. The van der Waals surface area contributed by atoms with Gasteiger partial charge in [-0.1, -0.05) is 25.5 Å². The first kappa shape index (κ1) is 15.1. The van der Waals surface area contributed by atoms with Crippen LogP contribution in [0.5, 0.6) is 0 Å². The number of carbonyl (C=O) groups is 1. The number of amides is 1. The molecule has 0 unspecified atom stereocenters. The zero-order chi connectivity index (χ0) is 15.0. The Kier molecular flexibility index (Phi) is 4.13. The van der Waals surface area contributed by atoms with Crippen molar-refractivity contribution in [3.63, 3.8) is 0 Å². The van der Waals surface area contributed by atoms with Gasteiger partial charge in [-0.05, 0) is 61.9 Å². The fourth-order valence-corrected chi connectivity index (χ4v) is 4.63. The van der Waals surface area contributed by atoms with E-state index >= 15 is 0 Å². The van der Waals surface area contributed by atoms with Gasteiger partial charge in [-0.15, -0.1) is 0 Å². The maximum absolute atomic E-state index is 11.5. The van der Waals surface area contributed by atoms with Crippen molar-refractivity contribution < 1.29 is 4.79 Å². The molecule has 0 spiro atoms. The van der Waals surface area contributed by atoms with Crippen LogP contribution in [0.3, 0.4) is 0 Å². The highest BCUT2D eigenvalue weighted by Gasteiger charge is 2.51. The molecule has 21 heavy (non-hydrogen) atoms. The number of hydrogen-bond acceptors (Lipinski definition) is 2. The standard InChI is InChI=1S/C18H30N2O/c1-18(2)15-5-4-14(16(18)11-15)12-20-8-6-13(7-9-20)10-17(21)19-3/h4,13,15-16H,5-12H2,1-3H3,(H,19,21)/t15-,16-/m0/s1. The molecular formula is C18H30N2O. The number of fused-ring (bicyclic) bond motifs is 1. The molecule has 1 heterocycles. The quantitative estimate of drug-likeness (QED) is 0.808. The Bertz CT molecular complexity index is 432. The van der Waals surface area contributed by atoms with E-state index in [1.807, 2.05) is 0 Å². The van der Waals surface area contributed by atoms with Gasteiger partial charge in [0.1, 0.15) is 0 Å². The second kappa shape index (κ2) is 5.75. The fourth-order valence-electron chi connectivity index (χ4n) is 4.63. The Morgan fingerprint density at radius 1 is 1.38 bits per heavy atom.